The monoisotopic (exact) mass is 515 g/mol. The number of carbonyl (C=O) groups excluding carboxylic acids is 3. The van der Waals surface area contributed by atoms with Crippen LogP contribution < -0.4 is 21.3 Å². The zero-order chi connectivity index (χ0) is 27.1. The third-order valence-corrected chi connectivity index (χ3v) is 6.35. The summed E-state index contributed by atoms with van der Waals surface area (Å²) in [5, 5.41) is 29.8. The van der Waals surface area contributed by atoms with Gasteiger partial charge in [-0.25, -0.2) is 4.79 Å². The van der Waals surface area contributed by atoms with Crippen LogP contribution in [0.15, 0.2) is 30.5 Å². The highest BCUT2D eigenvalue weighted by Crippen LogP contribution is 2.20. The smallest absolute Gasteiger partial charge is 0.326 e. The Labute approximate surface area is 213 Å². The third-order valence-electron chi connectivity index (χ3n) is 6.35. The fourth-order valence-electron chi connectivity index (χ4n) is 4.34. The zero-order valence-corrected chi connectivity index (χ0v) is 20.7. The lowest BCUT2D eigenvalue weighted by molar-refractivity contribution is -0.147. The normalized spacial score (nSPS) is 17.6. The first-order valence-electron chi connectivity index (χ1n) is 12.2. The van der Waals surface area contributed by atoms with E-state index in [-0.39, 0.29) is 12.3 Å². The molecule has 0 bridgehead atoms. The molecule has 37 heavy (non-hydrogen) atoms. The summed E-state index contributed by atoms with van der Waals surface area (Å²) >= 11 is 0. The van der Waals surface area contributed by atoms with Gasteiger partial charge in [0.2, 0.25) is 17.7 Å². The first-order chi connectivity index (χ1) is 17.6. The number of hydrogen-bond acceptors (Lipinski definition) is 6. The van der Waals surface area contributed by atoms with Gasteiger partial charge in [0.15, 0.2) is 0 Å². The number of para-hydroxylation sites is 1. The van der Waals surface area contributed by atoms with Gasteiger partial charge in [-0.2, -0.15) is 0 Å². The van der Waals surface area contributed by atoms with E-state index in [4.69, 9.17) is 5.11 Å². The summed E-state index contributed by atoms with van der Waals surface area (Å²) in [4.78, 5) is 64.7. The van der Waals surface area contributed by atoms with Gasteiger partial charge in [0, 0.05) is 23.5 Å². The Bertz CT molecular complexity index is 1160. The Kier molecular flexibility index (Phi) is 9.23. The van der Waals surface area contributed by atoms with Gasteiger partial charge in [0.1, 0.15) is 18.1 Å². The number of carboxylic acid groups (broad SMARTS) is 2. The van der Waals surface area contributed by atoms with Gasteiger partial charge in [-0.1, -0.05) is 32.0 Å². The molecule has 2 aromatic rings. The fourth-order valence-corrected chi connectivity index (χ4v) is 4.34. The molecular formula is C25H33N5O7. The standard InChI is InChI=1S/C25H33N5O7/c1-13(2)21(24(35)29-19(25(36)37)11-20(31)32)30-23(34)18(28-22(33)17-8-5-9-26-17)10-14-12-27-16-7-4-3-6-15(14)16/h3-4,6-7,12-13,17-19,21,26-27H,5,8-11H2,1-2H3,(H,28,33)(H,29,35)(H,30,34)(H,31,32)(H,36,37). The number of benzene rings is 1. The molecule has 3 rings (SSSR count). The number of amides is 3. The molecule has 0 saturated carbocycles. The van der Waals surface area contributed by atoms with E-state index in [2.05, 4.69) is 26.3 Å². The minimum Gasteiger partial charge on any atom is -0.481 e. The van der Waals surface area contributed by atoms with Gasteiger partial charge in [-0.3, -0.25) is 19.2 Å². The van der Waals surface area contributed by atoms with Crippen LogP contribution in [0.2, 0.25) is 0 Å². The van der Waals surface area contributed by atoms with Crippen LogP contribution in [0.3, 0.4) is 0 Å². The molecular weight excluding hydrogens is 482 g/mol. The molecule has 4 unspecified atom stereocenters. The summed E-state index contributed by atoms with van der Waals surface area (Å²) in [5.41, 5.74) is 1.67. The summed E-state index contributed by atoms with van der Waals surface area (Å²) in [6.45, 7) is 4.02. The van der Waals surface area contributed by atoms with Crippen molar-refractivity contribution in [2.45, 2.75) is 63.7 Å². The number of aliphatic carboxylic acids is 2. The van der Waals surface area contributed by atoms with Crippen LogP contribution in [0.25, 0.3) is 10.9 Å². The molecule has 1 aliphatic heterocycles. The molecule has 1 aromatic carbocycles. The summed E-state index contributed by atoms with van der Waals surface area (Å²) in [7, 11) is 0. The van der Waals surface area contributed by atoms with Crippen molar-refractivity contribution in [3.63, 3.8) is 0 Å². The number of aromatic nitrogens is 1. The number of aromatic amines is 1. The van der Waals surface area contributed by atoms with Crippen molar-refractivity contribution in [2.24, 2.45) is 5.92 Å². The lowest BCUT2D eigenvalue weighted by atomic mass is 10.00. The van der Waals surface area contributed by atoms with E-state index < -0.39 is 60.3 Å². The van der Waals surface area contributed by atoms with Crippen molar-refractivity contribution in [3.05, 3.63) is 36.0 Å². The quantitative estimate of drug-likeness (QED) is 0.208. The molecule has 3 amide bonds. The molecule has 7 N–H and O–H groups in total. The molecule has 12 nitrogen and oxygen atoms in total. The highest BCUT2D eigenvalue weighted by molar-refractivity contribution is 5.95. The Morgan fingerprint density at radius 3 is 2.35 bits per heavy atom. The predicted octanol–water partition coefficient (Wildman–Crippen LogP) is 0.132. The highest BCUT2D eigenvalue weighted by Gasteiger charge is 2.33. The van der Waals surface area contributed by atoms with Crippen LogP contribution in [-0.4, -0.2) is 75.6 Å². The van der Waals surface area contributed by atoms with E-state index in [0.29, 0.717) is 13.0 Å². The number of carboxylic acids is 2. The average Bonchev–Trinajstić information content (AvgIpc) is 3.51. The number of hydrogen-bond donors (Lipinski definition) is 7. The Hall–Kier alpha value is -3.93. The molecule has 1 aliphatic rings. The molecule has 1 aromatic heterocycles. The molecule has 0 radical (unpaired) electrons. The van der Waals surface area contributed by atoms with Crippen molar-refractivity contribution in [1.29, 1.82) is 0 Å². The van der Waals surface area contributed by atoms with E-state index in [0.717, 1.165) is 22.9 Å². The molecule has 12 heteroatoms. The van der Waals surface area contributed by atoms with Gasteiger partial charge in [0.05, 0.1) is 12.5 Å². The second-order valence-corrected chi connectivity index (χ2v) is 9.50. The van der Waals surface area contributed by atoms with Crippen LogP contribution in [-0.2, 0) is 30.4 Å². The van der Waals surface area contributed by atoms with E-state index in [1.807, 2.05) is 24.3 Å². The lowest BCUT2D eigenvalue weighted by Gasteiger charge is -2.27. The first kappa shape index (κ1) is 27.7. The highest BCUT2D eigenvalue weighted by atomic mass is 16.4. The van der Waals surface area contributed by atoms with E-state index >= 15 is 0 Å². The van der Waals surface area contributed by atoms with Crippen molar-refractivity contribution >= 4 is 40.6 Å². The van der Waals surface area contributed by atoms with Crippen LogP contribution in [0, 0.1) is 5.92 Å². The van der Waals surface area contributed by atoms with Gasteiger partial charge in [-0.05, 0) is 36.9 Å². The molecule has 0 aliphatic carbocycles. The van der Waals surface area contributed by atoms with Crippen LogP contribution >= 0.6 is 0 Å². The average molecular weight is 516 g/mol. The van der Waals surface area contributed by atoms with Crippen molar-refractivity contribution < 1.29 is 34.2 Å². The van der Waals surface area contributed by atoms with Crippen molar-refractivity contribution in [3.8, 4) is 0 Å². The van der Waals surface area contributed by atoms with Gasteiger partial charge in [0.25, 0.3) is 0 Å². The minimum absolute atomic E-state index is 0.150. The maximum atomic E-state index is 13.4. The van der Waals surface area contributed by atoms with Gasteiger partial charge in [-0.15, -0.1) is 0 Å². The van der Waals surface area contributed by atoms with E-state index in [1.54, 1.807) is 20.0 Å². The molecule has 1 fully saturated rings. The van der Waals surface area contributed by atoms with Crippen LogP contribution in [0.5, 0.6) is 0 Å². The maximum Gasteiger partial charge on any atom is 0.326 e. The summed E-state index contributed by atoms with van der Waals surface area (Å²) < 4.78 is 0. The SMILES string of the molecule is CC(C)C(NC(=O)C(Cc1c[nH]c2ccccc12)NC(=O)C1CCCN1)C(=O)NC(CC(=O)O)C(=O)O. The Morgan fingerprint density at radius 1 is 1.00 bits per heavy atom. The van der Waals surface area contributed by atoms with Crippen molar-refractivity contribution in [1.82, 2.24) is 26.3 Å². The topological polar surface area (TPSA) is 190 Å². The zero-order valence-electron chi connectivity index (χ0n) is 20.7. The van der Waals surface area contributed by atoms with E-state index in [1.165, 1.54) is 0 Å². The minimum atomic E-state index is -1.65. The van der Waals surface area contributed by atoms with Crippen LogP contribution in [0.1, 0.15) is 38.7 Å². The molecule has 1 saturated heterocycles. The van der Waals surface area contributed by atoms with Crippen LogP contribution in [0.4, 0.5) is 0 Å². The first-order valence-corrected chi connectivity index (χ1v) is 12.2. The van der Waals surface area contributed by atoms with Gasteiger partial charge >= 0.3 is 11.9 Å². The third kappa shape index (κ3) is 7.29. The number of nitrogens with one attached hydrogen (secondary N) is 5. The summed E-state index contributed by atoms with van der Waals surface area (Å²) in [6.07, 6.45) is 2.59. The Morgan fingerprint density at radius 2 is 1.73 bits per heavy atom. The van der Waals surface area contributed by atoms with E-state index in [9.17, 15) is 29.1 Å². The molecule has 2 heterocycles. The lowest BCUT2D eigenvalue weighted by Crippen LogP contribution is -2.59. The number of H-pyrrole nitrogens is 1. The maximum absolute atomic E-state index is 13.4. The molecule has 200 valence electrons. The summed E-state index contributed by atoms with van der Waals surface area (Å²) in [5.74, 6) is -5.11. The largest absolute Gasteiger partial charge is 0.481 e. The predicted molar refractivity (Wildman–Crippen MR) is 134 cm³/mol. The number of carbonyl (C=O) groups is 5. The molecule has 0 spiro atoms. The molecule has 4 atom stereocenters. The van der Waals surface area contributed by atoms with Gasteiger partial charge < -0.3 is 36.5 Å². The summed E-state index contributed by atoms with van der Waals surface area (Å²) in [6, 6.07) is 3.28. The number of rotatable bonds is 12. The fraction of sp³-hybridized carbons (Fsp3) is 0.480. The number of fused-ring (bicyclic) bond motifs is 1. The van der Waals surface area contributed by atoms with Crippen molar-refractivity contribution in [2.75, 3.05) is 6.54 Å². The second-order valence-electron chi connectivity index (χ2n) is 9.50. The second kappa shape index (κ2) is 12.3. The Balaban J connectivity index is 1.80.